The lowest BCUT2D eigenvalue weighted by Gasteiger charge is -2.32. The van der Waals surface area contributed by atoms with Crippen LogP contribution in [0.2, 0.25) is 0 Å². The molecule has 4 heteroatoms. The van der Waals surface area contributed by atoms with Gasteiger partial charge in [0.15, 0.2) is 0 Å². The van der Waals surface area contributed by atoms with Gasteiger partial charge >= 0.3 is 0 Å². The predicted octanol–water partition coefficient (Wildman–Crippen LogP) is 6.04. The largest absolute Gasteiger partial charge is 0.382 e. The lowest BCUT2D eigenvalue weighted by Crippen LogP contribution is -2.20. The van der Waals surface area contributed by atoms with Crippen LogP contribution in [0.25, 0.3) is 17.5 Å². The van der Waals surface area contributed by atoms with E-state index in [4.69, 9.17) is 11.1 Å². The van der Waals surface area contributed by atoms with Crippen molar-refractivity contribution in [2.75, 3.05) is 4.90 Å². The van der Waals surface area contributed by atoms with Crippen molar-refractivity contribution in [1.29, 1.82) is 5.41 Å². The first-order valence-corrected chi connectivity index (χ1v) is 10.9. The second-order valence-electron chi connectivity index (χ2n) is 8.85. The molecule has 1 aliphatic heterocycles. The second kappa shape index (κ2) is 7.31. The van der Waals surface area contributed by atoms with Gasteiger partial charge in [0.25, 0.3) is 0 Å². The fourth-order valence-corrected chi connectivity index (χ4v) is 5.02. The zero-order chi connectivity index (χ0) is 21.7. The highest BCUT2D eigenvalue weighted by atomic mass is 15.1. The fourth-order valence-electron chi connectivity index (χ4n) is 5.02. The van der Waals surface area contributed by atoms with E-state index in [0.717, 1.165) is 45.4 Å². The summed E-state index contributed by atoms with van der Waals surface area (Å²) in [6.07, 6.45) is 8.80. The Balaban J connectivity index is 1.57. The van der Waals surface area contributed by atoms with E-state index in [1.807, 2.05) is 18.2 Å². The van der Waals surface area contributed by atoms with Gasteiger partial charge < -0.3 is 15.2 Å². The van der Waals surface area contributed by atoms with Gasteiger partial charge in [-0.2, -0.15) is 0 Å². The minimum absolute atomic E-state index is 0.110. The van der Waals surface area contributed by atoms with E-state index in [1.54, 1.807) is 0 Å². The number of nitrogen functional groups attached to an aromatic ring is 1. The van der Waals surface area contributed by atoms with E-state index < -0.39 is 0 Å². The van der Waals surface area contributed by atoms with Crippen molar-refractivity contribution in [3.8, 4) is 5.69 Å². The van der Waals surface area contributed by atoms with Crippen molar-refractivity contribution >= 4 is 23.3 Å². The Bertz CT molecular complexity index is 1210. The molecular formula is C27H28N4. The molecule has 1 aromatic heterocycles. The molecule has 0 saturated heterocycles. The van der Waals surface area contributed by atoms with Crippen molar-refractivity contribution in [2.45, 2.75) is 32.6 Å². The topological polar surface area (TPSA) is 58.0 Å². The maximum Gasteiger partial charge on any atom is 0.140 e. The van der Waals surface area contributed by atoms with E-state index in [1.165, 1.54) is 18.4 Å². The van der Waals surface area contributed by atoms with Gasteiger partial charge in [0, 0.05) is 35.0 Å². The third-order valence-corrected chi connectivity index (χ3v) is 6.72. The van der Waals surface area contributed by atoms with E-state index >= 15 is 0 Å². The average Bonchev–Trinajstić information content (AvgIpc) is 3.09. The van der Waals surface area contributed by atoms with Crippen molar-refractivity contribution < 1.29 is 0 Å². The summed E-state index contributed by atoms with van der Waals surface area (Å²) >= 11 is 0. The molecule has 0 radical (unpaired) electrons. The number of hydrogen-bond acceptors (Lipinski definition) is 2. The highest BCUT2D eigenvalue weighted by Crippen LogP contribution is 2.44. The zero-order valence-electron chi connectivity index (χ0n) is 18.1. The molecule has 2 aromatic carbocycles. The normalized spacial score (nSPS) is 19.8. The van der Waals surface area contributed by atoms with Crippen LogP contribution in [0.4, 0.5) is 5.69 Å². The van der Waals surface area contributed by atoms with Gasteiger partial charge in [-0.15, -0.1) is 0 Å². The highest BCUT2D eigenvalue weighted by Gasteiger charge is 2.31. The molecule has 156 valence electrons. The SMILES string of the molecule is C=C1c2cc(-n3cc(C4CC(C)C4)c(C)c3C(=N)N)ccc2C=CN1c1ccccc1. The second-order valence-corrected chi connectivity index (χ2v) is 8.85. The molecule has 3 aromatic rings. The van der Waals surface area contributed by atoms with Gasteiger partial charge in [-0.3, -0.25) is 5.41 Å². The lowest BCUT2D eigenvalue weighted by atomic mass is 9.72. The van der Waals surface area contributed by atoms with E-state index in [9.17, 15) is 0 Å². The Morgan fingerprint density at radius 2 is 1.84 bits per heavy atom. The van der Waals surface area contributed by atoms with Gasteiger partial charge in [0.1, 0.15) is 5.84 Å². The van der Waals surface area contributed by atoms with E-state index in [2.05, 4.69) is 78.7 Å². The Hall–Kier alpha value is -3.53. The van der Waals surface area contributed by atoms with Crippen LogP contribution in [-0.2, 0) is 0 Å². The zero-order valence-corrected chi connectivity index (χ0v) is 18.1. The first-order chi connectivity index (χ1) is 14.9. The first kappa shape index (κ1) is 19.4. The minimum Gasteiger partial charge on any atom is -0.382 e. The van der Waals surface area contributed by atoms with Crippen LogP contribution in [0, 0.1) is 18.3 Å². The maximum atomic E-state index is 8.23. The summed E-state index contributed by atoms with van der Waals surface area (Å²) in [5.74, 6) is 1.45. The molecule has 2 heterocycles. The molecule has 0 spiro atoms. The molecule has 4 nitrogen and oxygen atoms in total. The van der Waals surface area contributed by atoms with Gasteiger partial charge in [-0.1, -0.05) is 37.8 Å². The quantitative estimate of drug-likeness (QED) is 0.408. The van der Waals surface area contributed by atoms with Crippen LogP contribution >= 0.6 is 0 Å². The summed E-state index contributed by atoms with van der Waals surface area (Å²) in [4.78, 5) is 2.11. The summed E-state index contributed by atoms with van der Waals surface area (Å²) in [7, 11) is 0. The molecule has 0 unspecified atom stereocenters. The number of aromatic nitrogens is 1. The maximum absolute atomic E-state index is 8.23. The van der Waals surface area contributed by atoms with Crippen molar-refractivity contribution in [2.24, 2.45) is 11.7 Å². The van der Waals surface area contributed by atoms with Crippen LogP contribution in [0.1, 0.15) is 53.6 Å². The molecule has 1 saturated carbocycles. The van der Waals surface area contributed by atoms with Crippen LogP contribution in [0.5, 0.6) is 0 Å². The Morgan fingerprint density at radius 3 is 2.52 bits per heavy atom. The van der Waals surface area contributed by atoms with Gasteiger partial charge in [-0.25, -0.2) is 0 Å². The summed E-state index contributed by atoms with van der Waals surface area (Å²) in [6, 6.07) is 16.6. The summed E-state index contributed by atoms with van der Waals surface area (Å²) in [5, 5.41) is 8.23. The predicted molar refractivity (Wildman–Crippen MR) is 130 cm³/mol. The van der Waals surface area contributed by atoms with Crippen LogP contribution in [0.15, 0.2) is 67.5 Å². The number of nitrogens with two attached hydrogens (primary N) is 1. The molecule has 1 aliphatic carbocycles. The molecule has 5 rings (SSSR count). The van der Waals surface area contributed by atoms with Crippen molar-refractivity contribution in [1.82, 2.24) is 4.57 Å². The number of nitrogens with zero attached hydrogens (tertiary/aromatic N) is 2. The van der Waals surface area contributed by atoms with Gasteiger partial charge in [0.2, 0.25) is 0 Å². The highest BCUT2D eigenvalue weighted by molar-refractivity contribution is 5.96. The number of rotatable bonds is 4. The molecule has 31 heavy (non-hydrogen) atoms. The van der Waals surface area contributed by atoms with Crippen LogP contribution in [0.3, 0.4) is 0 Å². The lowest BCUT2D eigenvalue weighted by molar-refractivity contribution is 0.288. The number of para-hydroxylation sites is 1. The molecule has 1 fully saturated rings. The Morgan fingerprint density at radius 1 is 1.10 bits per heavy atom. The smallest absolute Gasteiger partial charge is 0.140 e. The number of anilines is 1. The van der Waals surface area contributed by atoms with Crippen molar-refractivity contribution in [3.05, 3.63) is 95.5 Å². The number of hydrogen-bond donors (Lipinski definition) is 2. The third kappa shape index (κ3) is 3.19. The van der Waals surface area contributed by atoms with Crippen molar-refractivity contribution in [3.63, 3.8) is 0 Å². The molecule has 0 bridgehead atoms. The number of nitrogens with one attached hydrogen (secondary N) is 1. The Labute approximate surface area is 183 Å². The van der Waals surface area contributed by atoms with Crippen LogP contribution in [-0.4, -0.2) is 10.4 Å². The van der Waals surface area contributed by atoms with Crippen LogP contribution < -0.4 is 10.6 Å². The van der Waals surface area contributed by atoms with Gasteiger partial charge in [0.05, 0.1) is 5.69 Å². The summed E-state index contributed by atoms with van der Waals surface area (Å²) < 4.78 is 2.09. The monoisotopic (exact) mass is 408 g/mol. The number of amidine groups is 1. The standard InChI is InChI=1S/C27H28N4/c1-17-13-21(14-17)25-16-31(26(18(25)2)27(28)29)23-10-9-20-11-12-30(19(3)24(20)15-23)22-7-5-4-6-8-22/h4-12,15-17,21H,3,13-14H2,1-2H3,(H3,28,29). The third-order valence-electron chi connectivity index (χ3n) is 6.72. The molecule has 2 aliphatic rings. The Kier molecular flexibility index (Phi) is 4.58. The molecule has 3 N–H and O–H groups in total. The van der Waals surface area contributed by atoms with E-state index in [0.29, 0.717) is 5.92 Å². The van der Waals surface area contributed by atoms with E-state index in [-0.39, 0.29) is 5.84 Å². The number of benzene rings is 2. The minimum atomic E-state index is 0.110. The van der Waals surface area contributed by atoms with Gasteiger partial charge in [-0.05, 0) is 78.6 Å². The fraction of sp³-hybridized carbons (Fsp3) is 0.222. The first-order valence-electron chi connectivity index (χ1n) is 10.9. The average molecular weight is 409 g/mol. The molecule has 0 amide bonds. The molecular weight excluding hydrogens is 380 g/mol. The summed E-state index contributed by atoms with van der Waals surface area (Å²) in [6.45, 7) is 8.79. The number of fused-ring (bicyclic) bond motifs is 1. The molecule has 0 atom stereocenters. The summed E-state index contributed by atoms with van der Waals surface area (Å²) in [5.41, 5.74) is 14.6.